The molecule has 0 saturated carbocycles. The van der Waals surface area contributed by atoms with Crippen molar-refractivity contribution in [2.75, 3.05) is 14.2 Å². The first-order chi connectivity index (χ1) is 13.5. The maximum atomic E-state index is 12.4. The number of benzene rings is 2. The van der Waals surface area contributed by atoms with Gasteiger partial charge in [0.1, 0.15) is 4.88 Å². The highest BCUT2D eigenvalue weighted by Gasteiger charge is 2.19. The van der Waals surface area contributed by atoms with Crippen molar-refractivity contribution in [3.8, 4) is 11.5 Å². The van der Waals surface area contributed by atoms with Gasteiger partial charge in [-0.2, -0.15) is 5.10 Å². The fraction of sp³-hybridized carbons (Fsp3) is 0.111. The predicted octanol–water partition coefficient (Wildman–Crippen LogP) is 4.24. The van der Waals surface area contributed by atoms with E-state index in [0.717, 1.165) is 10.1 Å². The first-order valence-electron chi connectivity index (χ1n) is 7.87. The number of fused-ring (bicyclic) bond motifs is 1. The standard InChI is InChI=1S/C18H14ClN3O5S/c1-26-13-7-10(12(22(24)25)8-14(13)27-2)9-20-21-18(23)17-16(19)11-5-3-4-6-15(11)28-17/h3-9H,1-2H3,(H,21,23). The minimum absolute atomic E-state index is 0.144. The number of carbonyl (C=O) groups excluding carboxylic acids is 1. The Kier molecular flexibility index (Phi) is 5.76. The zero-order valence-electron chi connectivity index (χ0n) is 14.8. The summed E-state index contributed by atoms with van der Waals surface area (Å²) < 4.78 is 11.1. The number of ether oxygens (including phenoxy) is 2. The van der Waals surface area contributed by atoms with E-state index in [9.17, 15) is 14.9 Å². The summed E-state index contributed by atoms with van der Waals surface area (Å²) in [6.07, 6.45) is 1.17. The smallest absolute Gasteiger partial charge is 0.283 e. The Balaban J connectivity index is 1.86. The quantitative estimate of drug-likeness (QED) is 0.365. The Hall–Kier alpha value is -3.17. The van der Waals surface area contributed by atoms with E-state index in [-0.39, 0.29) is 17.0 Å². The molecular weight excluding hydrogens is 406 g/mol. The number of hydrogen-bond donors (Lipinski definition) is 1. The van der Waals surface area contributed by atoms with Crippen molar-refractivity contribution in [3.05, 3.63) is 62.0 Å². The number of methoxy groups -OCH3 is 2. The molecule has 1 N–H and O–H groups in total. The zero-order valence-corrected chi connectivity index (χ0v) is 16.3. The lowest BCUT2D eigenvalue weighted by molar-refractivity contribution is -0.385. The molecule has 0 bridgehead atoms. The maximum Gasteiger partial charge on any atom is 0.283 e. The predicted molar refractivity (Wildman–Crippen MR) is 108 cm³/mol. The van der Waals surface area contributed by atoms with Gasteiger partial charge in [-0.3, -0.25) is 14.9 Å². The molecule has 0 spiro atoms. The number of hydrazone groups is 1. The number of carbonyl (C=O) groups is 1. The van der Waals surface area contributed by atoms with E-state index in [0.29, 0.717) is 15.6 Å². The molecule has 28 heavy (non-hydrogen) atoms. The Bertz CT molecular complexity index is 1100. The minimum Gasteiger partial charge on any atom is -0.493 e. The van der Waals surface area contributed by atoms with E-state index in [4.69, 9.17) is 21.1 Å². The molecular formula is C18H14ClN3O5S. The molecule has 1 heterocycles. The van der Waals surface area contributed by atoms with Crippen LogP contribution in [0.3, 0.4) is 0 Å². The molecule has 2 aromatic carbocycles. The summed E-state index contributed by atoms with van der Waals surface area (Å²) >= 11 is 7.50. The molecule has 144 valence electrons. The fourth-order valence-electron chi connectivity index (χ4n) is 2.52. The van der Waals surface area contributed by atoms with Crippen molar-refractivity contribution in [1.29, 1.82) is 0 Å². The van der Waals surface area contributed by atoms with Crippen LogP contribution in [0.25, 0.3) is 10.1 Å². The SMILES string of the molecule is COc1cc(C=NNC(=O)c2sc3ccccc3c2Cl)c([N+](=O)[O-])cc1OC. The molecule has 3 rings (SSSR count). The summed E-state index contributed by atoms with van der Waals surface area (Å²) in [7, 11) is 2.79. The second-order valence-corrected chi connectivity index (χ2v) is 6.89. The van der Waals surface area contributed by atoms with Crippen molar-refractivity contribution in [3.63, 3.8) is 0 Å². The van der Waals surface area contributed by atoms with Crippen molar-refractivity contribution in [2.45, 2.75) is 0 Å². The van der Waals surface area contributed by atoms with Crippen LogP contribution < -0.4 is 14.9 Å². The van der Waals surface area contributed by atoms with Crippen LogP contribution in [0.1, 0.15) is 15.2 Å². The highest BCUT2D eigenvalue weighted by atomic mass is 35.5. The topological polar surface area (TPSA) is 103 Å². The summed E-state index contributed by atoms with van der Waals surface area (Å²) in [6, 6.07) is 9.99. The van der Waals surface area contributed by atoms with Gasteiger partial charge in [0.2, 0.25) is 0 Å². The second kappa shape index (κ2) is 8.24. The number of nitrogens with one attached hydrogen (secondary N) is 1. The van der Waals surface area contributed by atoms with Crippen LogP contribution in [-0.2, 0) is 0 Å². The third kappa shape index (κ3) is 3.75. The third-order valence-electron chi connectivity index (χ3n) is 3.84. The zero-order chi connectivity index (χ0) is 20.3. The van der Waals surface area contributed by atoms with Gasteiger partial charge in [-0.1, -0.05) is 29.8 Å². The Morgan fingerprint density at radius 3 is 2.57 bits per heavy atom. The van der Waals surface area contributed by atoms with E-state index in [1.807, 2.05) is 24.3 Å². The third-order valence-corrected chi connectivity index (χ3v) is 5.51. The molecule has 0 aliphatic carbocycles. The lowest BCUT2D eigenvalue weighted by atomic mass is 10.1. The number of halogens is 1. The van der Waals surface area contributed by atoms with Gasteiger partial charge < -0.3 is 9.47 Å². The van der Waals surface area contributed by atoms with Gasteiger partial charge in [-0.25, -0.2) is 5.43 Å². The summed E-state index contributed by atoms with van der Waals surface area (Å²) in [6.45, 7) is 0. The number of nitrogens with zero attached hydrogens (tertiary/aromatic N) is 2. The Labute approximate surface area is 168 Å². The Morgan fingerprint density at radius 1 is 1.25 bits per heavy atom. The molecule has 0 radical (unpaired) electrons. The highest BCUT2D eigenvalue weighted by Crippen LogP contribution is 2.35. The molecule has 0 saturated heterocycles. The van der Waals surface area contributed by atoms with E-state index in [2.05, 4.69) is 10.5 Å². The highest BCUT2D eigenvalue weighted by molar-refractivity contribution is 7.21. The van der Waals surface area contributed by atoms with Gasteiger partial charge in [0.15, 0.2) is 11.5 Å². The van der Waals surface area contributed by atoms with Crippen molar-refractivity contribution >= 4 is 50.8 Å². The average Bonchev–Trinajstić information content (AvgIpc) is 3.04. The van der Waals surface area contributed by atoms with Gasteiger partial charge in [0.05, 0.1) is 42.0 Å². The van der Waals surface area contributed by atoms with Crippen LogP contribution in [-0.4, -0.2) is 31.3 Å². The van der Waals surface area contributed by atoms with Crippen LogP contribution in [0.4, 0.5) is 5.69 Å². The van der Waals surface area contributed by atoms with E-state index >= 15 is 0 Å². The van der Waals surface area contributed by atoms with Crippen molar-refractivity contribution in [2.24, 2.45) is 5.10 Å². The number of amides is 1. The Morgan fingerprint density at radius 2 is 1.93 bits per heavy atom. The molecule has 0 fully saturated rings. The first-order valence-corrected chi connectivity index (χ1v) is 9.06. The first kappa shape index (κ1) is 19.6. The summed E-state index contributed by atoms with van der Waals surface area (Å²) in [4.78, 5) is 23.4. The molecule has 1 amide bonds. The summed E-state index contributed by atoms with van der Waals surface area (Å²) in [5.74, 6) is 0.00597. The van der Waals surface area contributed by atoms with Crippen LogP contribution in [0.2, 0.25) is 5.02 Å². The second-order valence-electron chi connectivity index (χ2n) is 5.46. The number of thiophene rings is 1. The molecule has 0 atom stereocenters. The summed E-state index contributed by atoms with van der Waals surface area (Å²) in [5.41, 5.74) is 2.25. The minimum atomic E-state index is -0.575. The number of nitro benzene ring substituents is 1. The molecule has 1 aromatic heterocycles. The number of rotatable bonds is 6. The lowest BCUT2D eigenvalue weighted by Crippen LogP contribution is -2.16. The number of hydrogen-bond acceptors (Lipinski definition) is 7. The van der Waals surface area contributed by atoms with Crippen LogP contribution in [0.5, 0.6) is 11.5 Å². The van der Waals surface area contributed by atoms with Crippen molar-refractivity contribution in [1.82, 2.24) is 5.43 Å². The van der Waals surface area contributed by atoms with Crippen LogP contribution in [0, 0.1) is 10.1 Å². The molecule has 0 aliphatic heterocycles. The van der Waals surface area contributed by atoms with E-state index < -0.39 is 10.8 Å². The summed E-state index contributed by atoms with van der Waals surface area (Å²) in [5, 5.41) is 16.2. The monoisotopic (exact) mass is 419 g/mol. The lowest BCUT2D eigenvalue weighted by Gasteiger charge is -2.08. The van der Waals surface area contributed by atoms with E-state index in [1.54, 1.807) is 0 Å². The van der Waals surface area contributed by atoms with Gasteiger partial charge in [0, 0.05) is 10.1 Å². The van der Waals surface area contributed by atoms with Crippen molar-refractivity contribution < 1.29 is 19.2 Å². The van der Waals surface area contributed by atoms with Crippen LogP contribution >= 0.6 is 22.9 Å². The molecule has 3 aromatic rings. The van der Waals surface area contributed by atoms with Gasteiger partial charge in [0.25, 0.3) is 11.6 Å². The van der Waals surface area contributed by atoms with Gasteiger partial charge in [-0.05, 0) is 12.1 Å². The van der Waals surface area contributed by atoms with Crippen LogP contribution in [0.15, 0.2) is 41.5 Å². The largest absolute Gasteiger partial charge is 0.493 e. The molecule has 0 unspecified atom stereocenters. The maximum absolute atomic E-state index is 12.4. The molecule has 10 heteroatoms. The number of nitro groups is 1. The normalized spacial score (nSPS) is 11.0. The average molecular weight is 420 g/mol. The fourth-order valence-corrected chi connectivity index (χ4v) is 3.92. The van der Waals surface area contributed by atoms with Gasteiger partial charge in [-0.15, -0.1) is 11.3 Å². The van der Waals surface area contributed by atoms with Gasteiger partial charge >= 0.3 is 0 Å². The molecule has 0 aliphatic rings. The van der Waals surface area contributed by atoms with E-state index in [1.165, 1.54) is 43.9 Å². The molecule has 8 nitrogen and oxygen atoms in total.